The molecule has 2 aliphatic rings. The smallest absolute Gasteiger partial charge is 0.259 e. The van der Waals surface area contributed by atoms with Gasteiger partial charge in [0, 0.05) is 24.4 Å². The fraction of sp³-hybridized carbons (Fsp3) is 0.474. The summed E-state index contributed by atoms with van der Waals surface area (Å²) in [4.78, 5) is 19.3. The number of carbonyl (C=O) groups excluding carboxylic acids is 1. The van der Waals surface area contributed by atoms with E-state index in [4.69, 9.17) is 5.26 Å². The Bertz CT molecular complexity index is 1130. The number of fused-ring (bicyclic) bond motifs is 1. The summed E-state index contributed by atoms with van der Waals surface area (Å²) >= 11 is 0. The van der Waals surface area contributed by atoms with Crippen LogP contribution < -0.4 is 4.90 Å². The van der Waals surface area contributed by atoms with Crippen LogP contribution in [0, 0.1) is 23.7 Å². The van der Waals surface area contributed by atoms with Crippen LogP contribution in [0.15, 0.2) is 27.7 Å². The highest BCUT2D eigenvalue weighted by Gasteiger charge is 2.45. The summed E-state index contributed by atoms with van der Waals surface area (Å²) in [5.41, 5.74) is 1.76. The highest BCUT2D eigenvalue weighted by atomic mass is 32.2. The van der Waals surface area contributed by atoms with Gasteiger partial charge in [0.2, 0.25) is 0 Å². The molecule has 2 aromatic heterocycles. The van der Waals surface area contributed by atoms with E-state index in [1.807, 2.05) is 24.6 Å². The van der Waals surface area contributed by atoms with Crippen molar-refractivity contribution < 1.29 is 9.00 Å². The second-order valence-electron chi connectivity index (χ2n) is 7.83. The number of anilines is 1. The van der Waals surface area contributed by atoms with Gasteiger partial charge in [-0.1, -0.05) is 6.92 Å². The number of aromatic nitrogens is 3. The molecule has 0 spiro atoms. The van der Waals surface area contributed by atoms with Crippen molar-refractivity contribution in [1.29, 1.82) is 5.26 Å². The molecule has 0 bridgehead atoms. The zero-order valence-corrected chi connectivity index (χ0v) is 17.0. The third-order valence-electron chi connectivity index (χ3n) is 5.55. The highest BCUT2D eigenvalue weighted by molar-refractivity contribution is 7.93. The lowest BCUT2D eigenvalue weighted by molar-refractivity contribution is -0.122. The lowest BCUT2D eigenvalue weighted by Gasteiger charge is -2.29. The van der Waals surface area contributed by atoms with Crippen LogP contribution in [0.4, 0.5) is 5.82 Å². The molecule has 1 amide bonds. The Balaban J connectivity index is 1.66. The summed E-state index contributed by atoms with van der Waals surface area (Å²) < 4.78 is 19.2. The van der Waals surface area contributed by atoms with Crippen molar-refractivity contribution in [2.24, 2.45) is 9.78 Å². The summed E-state index contributed by atoms with van der Waals surface area (Å²) in [6.07, 6.45) is 6.26. The van der Waals surface area contributed by atoms with Gasteiger partial charge in [-0.15, -0.1) is 0 Å². The van der Waals surface area contributed by atoms with Gasteiger partial charge >= 0.3 is 0 Å². The molecule has 1 fully saturated rings. The first-order valence-corrected chi connectivity index (χ1v) is 11.1. The van der Waals surface area contributed by atoms with Crippen molar-refractivity contribution in [3.8, 4) is 6.07 Å². The average Bonchev–Trinajstić information content (AvgIpc) is 3.26. The molecule has 1 unspecified atom stereocenters. The van der Waals surface area contributed by atoms with Gasteiger partial charge in [-0.3, -0.25) is 9.48 Å². The number of rotatable bonds is 3. The second-order valence-corrected chi connectivity index (χ2v) is 10.1. The third-order valence-corrected chi connectivity index (χ3v) is 7.23. The van der Waals surface area contributed by atoms with Crippen LogP contribution in [0.5, 0.6) is 0 Å². The zero-order valence-electron chi connectivity index (χ0n) is 16.2. The number of hydrogen-bond acceptors (Lipinski definition) is 6. The number of hydrogen-bond donors (Lipinski definition) is 0. The summed E-state index contributed by atoms with van der Waals surface area (Å²) in [7, 11) is -2.87. The maximum Gasteiger partial charge on any atom is 0.259 e. The molecule has 1 aliphatic heterocycles. The molecule has 8 nitrogen and oxygen atoms in total. The molecular formula is C19H22N6O2S. The van der Waals surface area contributed by atoms with Gasteiger partial charge in [0.25, 0.3) is 5.91 Å². The number of carbonyl (C=O) groups is 1. The summed E-state index contributed by atoms with van der Waals surface area (Å²) in [5, 5.41) is 13.5. The van der Waals surface area contributed by atoms with Crippen molar-refractivity contribution in [1.82, 2.24) is 14.8 Å². The lowest BCUT2D eigenvalue weighted by atomic mass is 10.1. The van der Waals surface area contributed by atoms with Crippen molar-refractivity contribution in [3.63, 3.8) is 0 Å². The first-order valence-electron chi connectivity index (χ1n) is 9.16. The van der Waals surface area contributed by atoms with Crippen LogP contribution in [0.2, 0.25) is 0 Å². The van der Waals surface area contributed by atoms with Crippen LogP contribution in [-0.4, -0.2) is 37.7 Å². The van der Waals surface area contributed by atoms with Gasteiger partial charge < -0.3 is 4.90 Å². The van der Waals surface area contributed by atoms with E-state index >= 15 is 0 Å². The topological polar surface area (TPSA) is 104 Å². The van der Waals surface area contributed by atoms with E-state index < -0.39 is 15.1 Å². The second kappa shape index (κ2) is 6.41. The molecule has 4 rings (SSSR count). The summed E-state index contributed by atoms with van der Waals surface area (Å²) in [5.74, 6) is 0.480. The van der Waals surface area contributed by atoms with Crippen molar-refractivity contribution >= 4 is 21.5 Å². The number of aryl methyl sites for hydroxylation is 1. The fourth-order valence-corrected chi connectivity index (χ4v) is 4.77. The largest absolute Gasteiger partial charge is 0.349 e. The molecule has 3 heterocycles. The average molecular weight is 398 g/mol. The third kappa shape index (κ3) is 3.18. The molecule has 146 valence electrons. The number of amides is 1. The molecule has 2 aromatic rings. The van der Waals surface area contributed by atoms with E-state index in [-0.39, 0.29) is 5.91 Å². The van der Waals surface area contributed by atoms with Gasteiger partial charge in [0.1, 0.15) is 11.9 Å². The zero-order chi connectivity index (χ0) is 20.1. The Kier molecular flexibility index (Phi) is 4.27. The Morgan fingerprint density at radius 3 is 2.75 bits per heavy atom. The van der Waals surface area contributed by atoms with Gasteiger partial charge in [0.05, 0.1) is 45.2 Å². The SMILES string of the molecule is Cc1cc(N2CCn3ncc(S(C)(=O)=NC(=O)C4(C)CC4)c3C2)ncc1C#N. The normalized spacial score (nSPS) is 19.3. The fourth-order valence-electron chi connectivity index (χ4n) is 3.28. The first kappa shape index (κ1) is 18.6. The van der Waals surface area contributed by atoms with E-state index in [0.717, 1.165) is 29.9 Å². The first-order chi connectivity index (χ1) is 13.2. The summed E-state index contributed by atoms with van der Waals surface area (Å²) in [6, 6.07) is 4.01. The molecule has 0 radical (unpaired) electrons. The predicted octanol–water partition coefficient (Wildman–Crippen LogP) is 2.26. The molecular weight excluding hydrogens is 376 g/mol. The van der Waals surface area contributed by atoms with Crippen molar-refractivity contribution in [3.05, 3.63) is 35.3 Å². The van der Waals surface area contributed by atoms with Crippen LogP contribution in [0.25, 0.3) is 0 Å². The Morgan fingerprint density at radius 2 is 2.11 bits per heavy atom. The van der Waals surface area contributed by atoms with Crippen molar-refractivity contribution in [2.75, 3.05) is 17.7 Å². The summed E-state index contributed by atoms with van der Waals surface area (Å²) in [6.45, 7) is 5.54. The minimum Gasteiger partial charge on any atom is -0.349 e. The number of nitrogens with zero attached hydrogens (tertiary/aromatic N) is 6. The minimum atomic E-state index is -2.87. The van der Waals surface area contributed by atoms with Crippen LogP contribution in [0.3, 0.4) is 0 Å². The minimum absolute atomic E-state index is 0.281. The van der Waals surface area contributed by atoms with Gasteiger partial charge in [0.15, 0.2) is 0 Å². The monoisotopic (exact) mass is 398 g/mol. The lowest BCUT2D eigenvalue weighted by Crippen LogP contribution is -2.35. The molecule has 9 heteroatoms. The molecule has 28 heavy (non-hydrogen) atoms. The maximum absolute atomic E-state index is 13.3. The molecule has 0 aromatic carbocycles. The Morgan fingerprint density at radius 1 is 1.36 bits per heavy atom. The molecule has 0 saturated heterocycles. The molecule has 1 aliphatic carbocycles. The maximum atomic E-state index is 13.3. The van der Waals surface area contributed by atoms with Gasteiger partial charge in [-0.05, 0) is 31.4 Å². The quantitative estimate of drug-likeness (QED) is 0.785. The van der Waals surface area contributed by atoms with Gasteiger partial charge in [-0.2, -0.15) is 14.7 Å². The molecule has 1 saturated carbocycles. The number of nitriles is 1. The number of pyridine rings is 1. The van der Waals surface area contributed by atoms with E-state index in [1.165, 1.54) is 6.26 Å². The standard InChI is InChI=1S/C19H22N6O2S/c1-13-8-17(21-10-14(13)9-20)24-6-7-25-15(12-24)16(11-22-25)28(3,27)23-18(26)19(2)4-5-19/h8,10-11H,4-7,12H2,1-3H3. The van der Waals surface area contributed by atoms with E-state index in [2.05, 4.69) is 25.4 Å². The van der Waals surface area contributed by atoms with E-state index in [9.17, 15) is 9.00 Å². The van der Waals surface area contributed by atoms with E-state index in [1.54, 1.807) is 12.4 Å². The van der Waals surface area contributed by atoms with Gasteiger partial charge in [-0.25, -0.2) is 9.19 Å². The van der Waals surface area contributed by atoms with E-state index in [0.29, 0.717) is 30.1 Å². The van der Waals surface area contributed by atoms with Crippen LogP contribution in [-0.2, 0) is 27.6 Å². The molecule has 0 N–H and O–H groups in total. The Labute approximate surface area is 164 Å². The predicted molar refractivity (Wildman–Crippen MR) is 104 cm³/mol. The van der Waals surface area contributed by atoms with Crippen LogP contribution >= 0.6 is 0 Å². The van der Waals surface area contributed by atoms with Crippen molar-refractivity contribution in [2.45, 2.75) is 44.7 Å². The molecule has 1 atom stereocenters. The highest BCUT2D eigenvalue weighted by Crippen LogP contribution is 2.46. The Hall–Kier alpha value is -2.73. The van der Waals surface area contributed by atoms with Crippen LogP contribution in [0.1, 0.15) is 36.6 Å².